The zero-order valence-corrected chi connectivity index (χ0v) is 23.3. The Morgan fingerprint density at radius 1 is 1.05 bits per heavy atom. The number of nitrogens with zero attached hydrogens (tertiary/aromatic N) is 2. The molecule has 0 saturated carbocycles. The third-order valence-corrected chi connectivity index (χ3v) is 9.83. The van der Waals surface area contributed by atoms with Crippen LogP contribution < -0.4 is 5.32 Å². The summed E-state index contributed by atoms with van der Waals surface area (Å²) in [6, 6.07) is 8.27. The minimum absolute atomic E-state index is 0.00893. The predicted octanol–water partition coefficient (Wildman–Crippen LogP) is 4.81. The van der Waals surface area contributed by atoms with Gasteiger partial charge in [-0.2, -0.15) is 0 Å². The summed E-state index contributed by atoms with van der Waals surface area (Å²) in [7, 11) is 0. The van der Waals surface area contributed by atoms with Crippen LogP contribution in [0.25, 0.3) is 10.9 Å². The van der Waals surface area contributed by atoms with Crippen LogP contribution in [0.15, 0.2) is 35.9 Å². The number of fused-ring (bicyclic) bond motifs is 5. The second-order valence-electron chi connectivity index (χ2n) is 12.2. The number of carbonyl (C=O) groups is 3. The third kappa shape index (κ3) is 4.78. The van der Waals surface area contributed by atoms with E-state index in [1.54, 1.807) is 0 Å². The number of aromatic amines is 1. The standard InChI is InChI=1S/C32H42N4O3/c1-32-26(31(39)35-17-8-3-9-18-35)20-23(21-28(37)33-16-14-22-10-4-2-5-11-22)30(38)36(32)19-15-25-24-12-6-7-13-27(24)34-29(25)32/h6-7,10,12-13,23,26,34H,2-5,8-9,11,14-21H2,1H3,(H,33,37)/t23?,26-,32+/m1/s1. The molecule has 0 radical (unpaired) electrons. The van der Waals surface area contributed by atoms with E-state index in [-0.39, 0.29) is 30.1 Å². The van der Waals surface area contributed by atoms with Crippen molar-refractivity contribution in [2.24, 2.45) is 11.8 Å². The summed E-state index contributed by atoms with van der Waals surface area (Å²) in [6.45, 7) is 4.82. The van der Waals surface area contributed by atoms with Gasteiger partial charge in [0.1, 0.15) is 0 Å². The Morgan fingerprint density at radius 2 is 1.87 bits per heavy atom. The van der Waals surface area contributed by atoms with E-state index in [2.05, 4.69) is 35.4 Å². The van der Waals surface area contributed by atoms with Crippen molar-refractivity contribution in [2.75, 3.05) is 26.2 Å². The molecular formula is C32H42N4O3. The van der Waals surface area contributed by atoms with Gasteiger partial charge in [0.15, 0.2) is 0 Å². The normalized spacial score (nSPS) is 27.1. The topological polar surface area (TPSA) is 85.5 Å². The van der Waals surface area contributed by atoms with E-state index >= 15 is 0 Å². The maximum absolute atomic E-state index is 14.2. The first-order valence-electron chi connectivity index (χ1n) is 15.1. The van der Waals surface area contributed by atoms with Crippen molar-refractivity contribution in [1.82, 2.24) is 20.1 Å². The molecule has 1 unspecified atom stereocenters. The van der Waals surface area contributed by atoms with Gasteiger partial charge in [-0.25, -0.2) is 0 Å². The number of nitrogens with one attached hydrogen (secondary N) is 2. The lowest BCUT2D eigenvalue weighted by Gasteiger charge is -2.54. The predicted molar refractivity (Wildman–Crippen MR) is 152 cm³/mol. The molecule has 3 aliphatic heterocycles. The first-order chi connectivity index (χ1) is 19.0. The van der Waals surface area contributed by atoms with Crippen molar-refractivity contribution >= 4 is 28.6 Å². The molecule has 4 heterocycles. The summed E-state index contributed by atoms with van der Waals surface area (Å²) in [5.41, 5.74) is 3.96. The van der Waals surface area contributed by atoms with Crippen molar-refractivity contribution in [2.45, 2.75) is 83.1 Å². The fourth-order valence-electron chi connectivity index (χ4n) is 7.66. The molecule has 6 rings (SSSR count). The van der Waals surface area contributed by atoms with Gasteiger partial charge in [0.05, 0.1) is 11.5 Å². The van der Waals surface area contributed by atoms with Crippen LogP contribution in [-0.4, -0.2) is 58.7 Å². The number of hydrogen-bond donors (Lipinski definition) is 2. The average Bonchev–Trinajstić information content (AvgIpc) is 3.35. The summed E-state index contributed by atoms with van der Waals surface area (Å²) in [6.07, 6.45) is 12.5. The Hall–Kier alpha value is -3.09. The molecule has 4 aliphatic rings. The van der Waals surface area contributed by atoms with Gasteiger partial charge in [-0.15, -0.1) is 0 Å². The van der Waals surface area contributed by atoms with Crippen LogP contribution in [0.4, 0.5) is 0 Å². The second kappa shape index (κ2) is 10.8. The number of amides is 3. The molecule has 2 aromatic rings. The van der Waals surface area contributed by atoms with Crippen LogP contribution in [0.2, 0.25) is 0 Å². The quantitative estimate of drug-likeness (QED) is 0.526. The highest BCUT2D eigenvalue weighted by Gasteiger charge is 2.57. The number of para-hydroxylation sites is 1. The average molecular weight is 531 g/mol. The SMILES string of the molecule is C[C@]12c3[nH]c4ccccc4c3CCN1C(=O)C(CC(=O)NCCC1=CCCCC1)C[C@@H]2C(=O)N1CCCCC1. The molecule has 7 heteroatoms. The lowest BCUT2D eigenvalue weighted by atomic mass is 9.67. The summed E-state index contributed by atoms with van der Waals surface area (Å²) in [5.74, 6) is -0.798. The van der Waals surface area contributed by atoms with Crippen LogP contribution in [0.3, 0.4) is 0 Å². The molecule has 2 fully saturated rings. The van der Waals surface area contributed by atoms with E-state index in [9.17, 15) is 14.4 Å². The highest BCUT2D eigenvalue weighted by Crippen LogP contribution is 2.50. The number of allylic oxidation sites excluding steroid dienone is 1. The summed E-state index contributed by atoms with van der Waals surface area (Å²) >= 11 is 0. The van der Waals surface area contributed by atoms with Gasteiger partial charge in [-0.1, -0.05) is 29.8 Å². The van der Waals surface area contributed by atoms with E-state index in [0.717, 1.165) is 69.2 Å². The van der Waals surface area contributed by atoms with Gasteiger partial charge in [0.25, 0.3) is 0 Å². The highest BCUT2D eigenvalue weighted by molar-refractivity contribution is 5.93. The van der Waals surface area contributed by atoms with Crippen LogP contribution in [0.1, 0.15) is 82.4 Å². The molecule has 1 aromatic heterocycles. The minimum Gasteiger partial charge on any atom is -0.356 e. The van der Waals surface area contributed by atoms with E-state index < -0.39 is 11.5 Å². The monoisotopic (exact) mass is 530 g/mol. The molecule has 7 nitrogen and oxygen atoms in total. The number of H-pyrrole nitrogens is 1. The van der Waals surface area contributed by atoms with E-state index in [1.165, 1.54) is 29.4 Å². The molecule has 1 aliphatic carbocycles. The Kier molecular flexibility index (Phi) is 7.25. The number of hydrogen-bond acceptors (Lipinski definition) is 3. The molecule has 3 atom stereocenters. The third-order valence-electron chi connectivity index (χ3n) is 9.83. The Bertz CT molecular complexity index is 1290. The smallest absolute Gasteiger partial charge is 0.228 e. The van der Waals surface area contributed by atoms with E-state index in [0.29, 0.717) is 19.5 Å². The molecule has 0 spiro atoms. The lowest BCUT2D eigenvalue weighted by Crippen LogP contribution is -2.64. The van der Waals surface area contributed by atoms with Gasteiger partial charge >= 0.3 is 0 Å². The van der Waals surface area contributed by atoms with E-state index in [4.69, 9.17) is 0 Å². The number of aromatic nitrogens is 1. The van der Waals surface area contributed by atoms with Crippen LogP contribution in [0, 0.1) is 11.8 Å². The van der Waals surface area contributed by atoms with Crippen molar-refractivity contribution in [3.8, 4) is 0 Å². The fourth-order valence-corrected chi connectivity index (χ4v) is 7.66. The van der Waals surface area contributed by atoms with Crippen LogP contribution in [0.5, 0.6) is 0 Å². The Labute approximate surface area is 231 Å². The van der Waals surface area contributed by atoms with Gasteiger partial charge in [-0.3, -0.25) is 14.4 Å². The second-order valence-corrected chi connectivity index (χ2v) is 12.2. The molecule has 2 N–H and O–H groups in total. The molecule has 2 saturated heterocycles. The van der Waals surface area contributed by atoms with Gasteiger partial charge in [-0.05, 0) is 82.8 Å². The van der Waals surface area contributed by atoms with Crippen molar-refractivity contribution in [1.29, 1.82) is 0 Å². The van der Waals surface area contributed by atoms with Crippen molar-refractivity contribution < 1.29 is 14.4 Å². The van der Waals surface area contributed by atoms with Gasteiger partial charge < -0.3 is 20.1 Å². The first-order valence-corrected chi connectivity index (χ1v) is 15.1. The first kappa shape index (κ1) is 26.1. The maximum atomic E-state index is 14.2. The number of likely N-dealkylation sites (tertiary alicyclic amines) is 1. The summed E-state index contributed by atoms with van der Waals surface area (Å²) in [5, 5.41) is 4.25. The van der Waals surface area contributed by atoms with Gasteiger partial charge in [0.2, 0.25) is 17.7 Å². The maximum Gasteiger partial charge on any atom is 0.228 e. The molecule has 3 amide bonds. The van der Waals surface area contributed by atoms with Gasteiger partial charge in [0, 0.05) is 55.1 Å². The zero-order chi connectivity index (χ0) is 27.0. The molecule has 208 valence electrons. The minimum atomic E-state index is -0.751. The Morgan fingerprint density at radius 3 is 2.67 bits per heavy atom. The highest BCUT2D eigenvalue weighted by atomic mass is 16.2. The van der Waals surface area contributed by atoms with Crippen molar-refractivity contribution in [3.05, 3.63) is 47.2 Å². The Balaban J connectivity index is 1.26. The largest absolute Gasteiger partial charge is 0.356 e. The number of benzene rings is 1. The summed E-state index contributed by atoms with van der Waals surface area (Å²) in [4.78, 5) is 48.8. The fraction of sp³-hybridized carbons (Fsp3) is 0.594. The molecule has 1 aromatic carbocycles. The lowest BCUT2D eigenvalue weighted by molar-refractivity contribution is -0.164. The van der Waals surface area contributed by atoms with Crippen LogP contribution >= 0.6 is 0 Å². The molecular weight excluding hydrogens is 488 g/mol. The zero-order valence-electron chi connectivity index (χ0n) is 23.3. The summed E-state index contributed by atoms with van der Waals surface area (Å²) < 4.78 is 0. The number of rotatable bonds is 6. The van der Waals surface area contributed by atoms with E-state index in [1.807, 2.05) is 21.9 Å². The number of piperidine rings is 2. The molecule has 39 heavy (non-hydrogen) atoms. The van der Waals surface area contributed by atoms with Crippen molar-refractivity contribution in [3.63, 3.8) is 0 Å². The van der Waals surface area contributed by atoms with Crippen LogP contribution in [-0.2, 0) is 26.3 Å². The number of carbonyl (C=O) groups excluding carboxylic acids is 3. The molecule has 0 bridgehead atoms.